The topological polar surface area (TPSA) is 76.4 Å². The number of carbonyl (C=O) groups excluding carboxylic acids is 1. The minimum absolute atomic E-state index is 0.155. The van der Waals surface area contributed by atoms with E-state index in [1.807, 2.05) is 67.2 Å². The highest BCUT2D eigenvalue weighted by molar-refractivity contribution is 6.34. The number of fused-ring (bicyclic) bond motifs is 1. The average Bonchev–Trinajstić information content (AvgIpc) is 2.84. The number of nitriles is 1. The van der Waals surface area contributed by atoms with E-state index in [1.54, 1.807) is 11.0 Å². The number of carbonyl (C=O) groups is 1. The van der Waals surface area contributed by atoms with Gasteiger partial charge in [0.2, 0.25) is 5.91 Å². The third kappa shape index (κ3) is 5.40. The van der Waals surface area contributed by atoms with Gasteiger partial charge >= 0.3 is 0 Å². The molecule has 4 rings (SSSR count). The van der Waals surface area contributed by atoms with E-state index in [-0.39, 0.29) is 5.91 Å². The maximum absolute atomic E-state index is 12.7. The number of piperazine rings is 1. The van der Waals surface area contributed by atoms with Gasteiger partial charge in [-0.3, -0.25) is 4.79 Å². The SMILES string of the molecule is Cc1cc(-c2cc3c(N4CCN(C(=O)C=CCN(C)C)C(C#N)C4)ncnc3cc2Cl)ccc1Cl. The van der Waals surface area contributed by atoms with Crippen LogP contribution in [0.3, 0.4) is 0 Å². The zero-order chi connectivity index (χ0) is 25.1. The number of hydrogen-bond acceptors (Lipinski definition) is 6. The molecular formula is C26H26Cl2N6O. The highest BCUT2D eigenvalue weighted by atomic mass is 35.5. The van der Waals surface area contributed by atoms with Gasteiger partial charge in [0.1, 0.15) is 18.2 Å². The van der Waals surface area contributed by atoms with E-state index in [9.17, 15) is 10.1 Å². The Morgan fingerprint density at radius 3 is 2.71 bits per heavy atom. The zero-order valence-corrected chi connectivity index (χ0v) is 21.4. The van der Waals surface area contributed by atoms with Gasteiger partial charge in [-0.1, -0.05) is 35.3 Å². The summed E-state index contributed by atoms with van der Waals surface area (Å²) in [6.45, 7) is 3.94. The molecule has 1 aliphatic heterocycles. The first kappa shape index (κ1) is 24.9. The van der Waals surface area contributed by atoms with E-state index in [1.165, 1.54) is 6.33 Å². The lowest BCUT2D eigenvalue weighted by molar-refractivity contribution is -0.127. The quantitative estimate of drug-likeness (QED) is 0.469. The van der Waals surface area contributed by atoms with Crippen molar-refractivity contribution < 1.29 is 4.79 Å². The second-order valence-electron chi connectivity index (χ2n) is 8.80. The Bertz CT molecular complexity index is 1330. The molecule has 1 aromatic heterocycles. The van der Waals surface area contributed by atoms with Crippen LogP contribution in [0.5, 0.6) is 0 Å². The molecule has 0 radical (unpaired) electrons. The van der Waals surface area contributed by atoms with Crippen LogP contribution in [0.4, 0.5) is 5.82 Å². The first-order valence-electron chi connectivity index (χ1n) is 11.3. The van der Waals surface area contributed by atoms with E-state index in [2.05, 4.69) is 16.0 Å². The molecule has 7 nitrogen and oxygen atoms in total. The molecule has 1 amide bonds. The van der Waals surface area contributed by atoms with Crippen molar-refractivity contribution in [3.8, 4) is 17.2 Å². The number of anilines is 1. The summed E-state index contributed by atoms with van der Waals surface area (Å²) in [5, 5.41) is 11.9. The molecule has 0 spiro atoms. The maximum Gasteiger partial charge on any atom is 0.247 e. The summed E-state index contributed by atoms with van der Waals surface area (Å²) >= 11 is 12.8. The van der Waals surface area contributed by atoms with Gasteiger partial charge in [-0.2, -0.15) is 5.26 Å². The summed E-state index contributed by atoms with van der Waals surface area (Å²) < 4.78 is 0. The first-order chi connectivity index (χ1) is 16.8. The predicted molar refractivity (Wildman–Crippen MR) is 141 cm³/mol. The third-order valence-corrected chi connectivity index (χ3v) is 6.75. The number of aryl methyl sites for hydroxylation is 1. The first-order valence-corrected chi connectivity index (χ1v) is 12.0. The Labute approximate surface area is 215 Å². The highest BCUT2D eigenvalue weighted by Gasteiger charge is 2.31. The highest BCUT2D eigenvalue weighted by Crippen LogP contribution is 2.36. The summed E-state index contributed by atoms with van der Waals surface area (Å²) in [6.07, 6.45) is 4.86. The van der Waals surface area contributed by atoms with Gasteiger partial charge in [0.05, 0.1) is 23.2 Å². The molecule has 0 aliphatic carbocycles. The normalized spacial score (nSPS) is 16.3. The summed E-state index contributed by atoms with van der Waals surface area (Å²) in [7, 11) is 3.87. The predicted octanol–water partition coefficient (Wildman–Crippen LogP) is 4.57. The van der Waals surface area contributed by atoms with Crippen LogP contribution in [0.1, 0.15) is 5.56 Å². The van der Waals surface area contributed by atoms with Gasteiger partial charge < -0.3 is 14.7 Å². The van der Waals surface area contributed by atoms with Crippen LogP contribution < -0.4 is 4.90 Å². The maximum atomic E-state index is 12.7. The standard InChI is InChI=1S/C26H26Cl2N6O/c1-17-11-18(6-7-22(17)27)20-12-21-24(13-23(20)28)30-16-31-26(21)33-9-10-34(19(14-29)15-33)25(35)5-4-8-32(2)3/h4-7,11-13,16,19H,8-10,15H2,1-3H3. The summed E-state index contributed by atoms with van der Waals surface area (Å²) in [6, 6.07) is 11.3. The molecule has 9 heteroatoms. The number of aromatic nitrogens is 2. The molecule has 2 heterocycles. The number of likely N-dealkylation sites (N-methyl/N-ethyl adjacent to an activating group) is 1. The smallest absolute Gasteiger partial charge is 0.247 e. The number of amides is 1. The lowest BCUT2D eigenvalue weighted by atomic mass is 10.0. The van der Waals surface area contributed by atoms with Gasteiger partial charge in [-0.25, -0.2) is 9.97 Å². The molecule has 2 aromatic carbocycles. The fraction of sp³-hybridized carbons (Fsp3) is 0.308. The fourth-order valence-corrected chi connectivity index (χ4v) is 4.54. The lowest BCUT2D eigenvalue weighted by Gasteiger charge is -2.38. The number of hydrogen-bond donors (Lipinski definition) is 0. The van der Waals surface area contributed by atoms with E-state index in [0.29, 0.717) is 47.6 Å². The molecule has 0 bridgehead atoms. The Morgan fingerprint density at radius 1 is 1.20 bits per heavy atom. The second kappa shape index (κ2) is 10.6. The molecule has 35 heavy (non-hydrogen) atoms. The van der Waals surface area contributed by atoms with E-state index >= 15 is 0 Å². The van der Waals surface area contributed by atoms with Gasteiger partial charge in [-0.15, -0.1) is 0 Å². The Kier molecular flexibility index (Phi) is 7.56. The molecule has 180 valence electrons. The molecule has 0 N–H and O–H groups in total. The fourth-order valence-electron chi connectivity index (χ4n) is 4.16. The van der Waals surface area contributed by atoms with Crippen molar-refractivity contribution in [2.24, 2.45) is 0 Å². The van der Waals surface area contributed by atoms with Crippen LogP contribution in [0.2, 0.25) is 10.0 Å². The van der Waals surface area contributed by atoms with Crippen molar-refractivity contribution in [2.45, 2.75) is 13.0 Å². The molecular weight excluding hydrogens is 483 g/mol. The average molecular weight is 509 g/mol. The number of halogens is 2. The van der Waals surface area contributed by atoms with Crippen molar-refractivity contribution in [1.29, 1.82) is 5.26 Å². The van der Waals surface area contributed by atoms with Gasteiger partial charge in [0.25, 0.3) is 0 Å². The Morgan fingerprint density at radius 2 is 2.00 bits per heavy atom. The van der Waals surface area contributed by atoms with E-state index < -0.39 is 6.04 Å². The largest absolute Gasteiger partial charge is 0.351 e. The molecule has 1 fully saturated rings. The van der Waals surface area contributed by atoms with Crippen LogP contribution in [0, 0.1) is 18.3 Å². The lowest BCUT2D eigenvalue weighted by Crippen LogP contribution is -2.54. The summed E-state index contributed by atoms with van der Waals surface area (Å²) in [4.78, 5) is 27.3. The van der Waals surface area contributed by atoms with E-state index in [0.717, 1.165) is 22.1 Å². The van der Waals surface area contributed by atoms with Crippen molar-refractivity contribution in [2.75, 3.05) is 45.2 Å². The van der Waals surface area contributed by atoms with Crippen molar-refractivity contribution in [1.82, 2.24) is 19.8 Å². The Hall–Kier alpha value is -3.18. The summed E-state index contributed by atoms with van der Waals surface area (Å²) in [5.41, 5.74) is 3.48. The van der Waals surface area contributed by atoms with Crippen molar-refractivity contribution in [3.05, 3.63) is 64.4 Å². The van der Waals surface area contributed by atoms with Crippen LogP contribution in [0.25, 0.3) is 22.0 Å². The van der Waals surface area contributed by atoms with Crippen molar-refractivity contribution >= 4 is 45.8 Å². The van der Waals surface area contributed by atoms with Crippen LogP contribution in [0.15, 0.2) is 48.8 Å². The minimum Gasteiger partial charge on any atom is -0.351 e. The van der Waals surface area contributed by atoms with Gasteiger partial charge in [0, 0.05) is 41.7 Å². The molecule has 0 saturated carbocycles. The van der Waals surface area contributed by atoms with Gasteiger partial charge in [-0.05, 0) is 56.4 Å². The molecule has 1 saturated heterocycles. The van der Waals surface area contributed by atoms with Crippen LogP contribution in [-0.4, -0.2) is 72.0 Å². The van der Waals surface area contributed by atoms with Crippen LogP contribution >= 0.6 is 23.2 Å². The second-order valence-corrected chi connectivity index (χ2v) is 9.61. The monoisotopic (exact) mass is 508 g/mol. The third-order valence-electron chi connectivity index (χ3n) is 6.02. The molecule has 3 aromatic rings. The number of rotatable bonds is 5. The van der Waals surface area contributed by atoms with Gasteiger partial charge in [0.15, 0.2) is 0 Å². The molecule has 1 unspecified atom stereocenters. The Balaban J connectivity index is 1.65. The van der Waals surface area contributed by atoms with Crippen LogP contribution in [-0.2, 0) is 4.79 Å². The molecule has 1 aliphatic rings. The zero-order valence-electron chi connectivity index (χ0n) is 19.9. The number of nitrogens with zero attached hydrogens (tertiary/aromatic N) is 6. The van der Waals surface area contributed by atoms with E-state index in [4.69, 9.17) is 23.2 Å². The van der Waals surface area contributed by atoms with Crippen molar-refractivity contribution in [3.63, 3.8) is 0 Å². The minimum atomic E-state index is -0.587. The number of benzene rings is 2. The summed E-state index contributed by atoms with van der Waals surface area (Å²) in [5.74, 6) is 0.562. The molecule has 1 atom stereocenters.